The Morgan fingerprint density at radius 1 is 1.23 bits per heavy atom. The summed E-state index contributed by atoms with van der Waals surface area (Å²) in [6, 6.07) is 8.94. The number of rotatable bonds is 3. The highest BCUT2D eigenvalue weighted by Gasteiger charge is 2.44. The first kappa shape index (κ1) is 18.0. The van der Waals surface area contributed by atoms with E-state index >= 15 is 0 Å². The van der Waals surface area contributed by atoms with Crippen molar-refractivity contribution >= 4 is 11.9 Å². The number of aromatic nitrogens is 2. The van der Waals surface area contributed by atoms with Crippen LogP contribution in [0, 0.1) is 0 Å². The van der Waals surface area contributed by atoms with Crippen LogP contribution in [0.5, 0.6) is 0 Å². The summed E-state index contributed by atoms with van der Waals surface area (Å²) in [6.45, 7) is 1.29. The number of carbonyl (C=O) groups excluding carboxylic acids is 2. The highest BCUT2D eigenvalue weighted by atomic mass is 19.4. The molecule has 26 heavy (non-hydrogen) atoms. The minimum Gasteiger partial charge on any atom is -0.461 e. The first-order chi connectivity index (χ1) is 12.3. The summed E-state index contributed by atoms with van der Waals surface area (Å²) in [6.07, 6.45) is -4.81. The van der Waals surface area contributed by atoms with Crippen LogP contribution in [-0.4, -0.2) is 45.9 Å². The number of alkyl halides is 3. The van der Waals surface area contributed by atoms with Gasteiger partial charge in [0.1, 0.15) is 0 Å². The van der Waals surface area contributed by atoms with Crippen molar-refractivity contribution in [3.63, 3.8) is 0 Å². The summed E-state index contributed by atoms with van der Waals surface area (Å²) >= 11 is 0. The molecule has 1 aromatic heterocycles. The Kier molecular flexibility index (Phi) is 4.71. The van der Waals surface area contributed by atoms with Crippen molar-refractivity contribution in [3.05, 3.63) is 47.3 Å². The van der Waals surface area contributed by atoms with Crippen molar-refractivity contribution < 1.29 is 27.5 Å². The number of fused-ring (bicyclic) bond motifs is 1. The largest absolute Gasteiger partial charge is 0.471 e. The third-order valence-electron chi connectivity index (χ3n) is 4.06. The summed E-state index contributed by atoms with van der Waals surface area (Å²) in [7, 11) is 0. The van der Waals surface area contributed by atoms with E-state index < -0.39 is 18.1 Å². The highest BCUT2D eigenvalue weighted by Crippen LogP contribution is 2.29. The fraction of sp³-hybridized carbons (Fsp3) is 0.353. The van der Waals surface area contributed by atoms with Gasteiger partial charge in [-0.3, -0.25) is 4.79 Å². The molecule has 2 aromatic rings. The van der Waals surface area contributed by atoms with Crippen molar-refractivity contribution in [1.82, 2.24) is 14.7 Å². The fourth-order valence-electron chi connectivity index (χ4n) is 2.92. The number of hydrogen-bond acceptors (Lipinski definition) is 4. The molecule has 1 aliphatic rings. The van der Waals surface area contributed by atoms with E-state index in [2.05, 4.69) is 5.10 Å². The molecular weight excluding hydrogens is 351 g/mol. The number of carbonyl (C=O) groups is 2. The number of ether oxygens (including phenoxy) is 1. The van der Waals surface area contributed by atoms with E-state index in [0.717, 1.165) is 0 Å². The van der Waals surface area contributed by atoms with E-state index in [4.69, 9.17) is 4.74 Å². The predicted octanol–water partition coefficient (Wildman–Crippen LogP) is 2.50. The van der Waals surface area contributed by atoms with Crippen LogP contribution in [0.25, 0.3) is 5.69 Å². The van der Waals surface area contributed by atoms with Gasteiger partial charge in [0.15, 0.2) is 5.69 Å². The second-order valence-corrected chi connectivity index (χ2v) is 5.72. The molecule has 0 aliphatic carbocycles. The number of nitrogens with zero attached hydrogens (tertiary/aromatic N) is 3. The van der Waals surface area contributed by atoms with E-state index in [0.29, 0.717) is 16.3 Å². The van der Waals surface area contributed by atoms with Crippen LogP contribution >= 0.6 is 0 Å². The van der Waals surface area contributed by atoms with Crippen LogP contribution < -0.4 is 0 Å². The van der Waals surface area contributed by atoms with Gasteiger partial charge in [-0.1, -0.05) is 18.2 Å². The molecule has 0 spiro atoms. The molecule has 0 radical (unpaired) electrons. The van der Waals surface area contributed by atoms with Gasteiger partial charge >= 0.3 is 18.1 Å². The first-order valence-electron chi connectivity index (χ1n) is 8.02. The molecular formula is C17H16F3N3O3. The number of hydrogen-bond donors (Lipinski definition) is 0. The molecule has 0 N–H and O–H groups in total. The molecule has 0 unspecified atom stereocenters. The van der Waals surface area contributed by atoms with Gasteiger partial charge in [0.25, 0.3) is 0 Å². The lowest BCUT2D eigenvalue weighted by atomic mass is 10.0. The maximum atomic E-state index is 12.8. The SMILES string of the molecule is CCOC(=O)c1nn(-c2ccccc2)c2c1CN(C(=O)C(F)(F)F)CC2. The maximum Gasteiger partial charge on any atom is 0.471 e. The third-order valence-corrected chi connectivity index (χ3v) is 4.06. The zero-order valence-electron chi connectivity index (χ0n) is 13.9. The van der Waals surface area contributed by atoms with Gasteiger partial charge in [-0.2, -0.15) is 18.3 Å². The van der Waals surface area contributed by atoms with E-state index in [1.807, 2.05) is 6.07 Å². The molecule has 1 aliphatic heterocycles. The quantitative estimate of drug-likeness (QED) is 0.782. The Morgan fingerprint density at radius 2 is 1.92 bits per heavy atom. The van der Waals surface area contributed by atoms with Gasteiger partial charge in [0.2, 0.25) is 0 Å². The first-order valence-corrected chi connectivity index (χ1v) is 8.02. The summed E-state index contributed by atoms with van der Waals surface area (Å²) in [5.74, 6) is -2.65. The van der Waals surface area contributed by atoms with Crippen LogP contribution in [0.3, 0.4) is 0 Å². The van der Waals surface area contributed by atoms with Gasteiger partial charge in [0.05, 0.1) is 24.5 Å². The van der Waals surface area contributed by atoms with Gasteiger partial charge < -0.3 is 9.64 Å². The van der Waals surface area contributed by atoms with Gasteiger partial charge in [-0.15, -0.1) is 0 Å². The number of para-hydroxylation sites is 1. The van der Waals surface area contributed by atoms with Crippen LogP contribution in [0.1, 0.15) is 28.7 Å². The van der Waals surface area contributed by atoms with Gasteiger partial charge in [-0.25, -0.2) is 9.48 Å². The molecule has 0 saturated carbocycles. The minimum absolute atomic E-state index is 0.0645. The molecule has 138 valence electrons. The number of esters is 1. The molecule has 9 heteroatoms. The van der Waals surface area contributed by atoms with Crippen molar-refractivity contribution in [2.45, 2.75) is 26.1 Å². The summed E-state index contributed by atoms with van der Waals surface area (Å²) in [5.41, 5.74) is 1.50. The van der Waals surface area contributed by atoms with E-state index in [-0.39, 0.29) is 37.4 Å². The number of amides is 1. The maximum absolute atomic E-state index is 12.8. The Bertz CT molecular complexity index is 831. The standard InChI is InChI=1S/C17H16F3N3O3/c1-2-26-15(24)14-12-10-22(16(25)17(18,19)20)9-8-13(12)23(21-14)11-6-4-3-5-7-11/h3-7H,2,8-10H2,1H3. The van der Waals surface area contributed by atoms with Crippen LogP contribution in [0.15, 0.2) is 30.3 Å². The molecule has 2 heterocycles. The van der Waals surface area contributed by atoms with Crippen LogP contribution in [0.4, 0.5) is 13.2 Å². The predicted molar refractivity (Wildman–Crippen MR) is 84.7 cm³/mol. The molecule has 6 nitrogen and oxygen atoms in total. The lowest BCUT2D eigenvalue weighted by molar-refractivity contribution is -0.186. The third kappa shape index (κ3) is 3.29. The average Bonchev–Trinajstić information content (AvgIpc) is 3.00. The Hall–Kier alpha value is -2.84. The second kappa shape index (κ2) is 6.81. The molecule has 1 amide bonds. The lowest BCUT2D eigenvalue weighted by Gasteiger charge is -2.28. The molecule has 0 saturated heterocycles. The minimum atomic E-state index is -4.96. The van der Waals surface area contributed by atoms with Crippen molar-refractivity contribution in [1.29, 1.82) is 0 Å². The van der Waals surface area contributed by atoms with Crippen molar-refractivity contribution in [3.8, 4) is 5.69 Å². The average molecular weight is 367 g/mol. The van der Waals surface area contributed by atoms with E-state index in [1.54, 1.807) is 31.2 Å². The topological polar surface area (TPSA) is 64.4 Å². The summed E-state index contributed by atoms with van der Waals surface area (Å²) in [4.78, 5) is 24.5. The zero-order valence-corrected chi connectivity index (χ0v) is 13.9. The molecule has 0 bridgehead atoms. The van der Waals surface area contributed by atoms with Crippen molar-refractivity contribution in [2.24, 2.45) is 0 Å². The van der Waals surface area contributed by atoms with Crippen LogP contribution in [-0.2, 0) is 22.5 Å². The van der Waals surface area contributed by atoms with E-state index in [1.165, 1.54) is 4.68 Å². The molecule has 3 rings (SSSR count). The van der Waals surface area contributed by atoms with Crippen LogP contribution in [0.2, 0.25) is 0 Å². The Labute approximate surface area is 147 Å². The normalized spacial score (nSPS) is 14.1. The monoisotopic (exact) mass is 367 g/mol. The molecule has 1 aromatic carbocycles. The second-order valence-electron chi connectivity index (χ2n) is 5.72. The Morgan fingerprint density at radius 3 is 2.54 bits per heavy atom. The summed E-state index contributed by atoms with van der Waals surface area (Å²) in [5, 5.41) is 4.26. The lowest BCUT2D eigenvalue weighted by Crippen LogP contribution is -2.44. The smallest absolute Gasteiger partial charge is 0.461 e. The van der Waals surface area contributed by atoms with Gasteiger partial charge in [-0.05, 0) is 19.1 Å². The highest BCUT2D eigenvalue weighted by molar-refractivity contribution is 5.90. The Balaban J connectivity index is 2.04. The fourth-order valence-corrected chi connectivity index (χ4v) is 2.92. The van der Waals surface area contributed by atoms with E-state index in [9.17, 15) is 22.8 Å². The number of benzene rings is 1. The zero-order chi connectivity index (χ0) is 18.9. The van der Waals surface area contributed by atoms with Gasteiger partial charge in [0, 0.05) is 18.5 Å². The molecule has 0 atom stereocenters. The summed E-state index contributed by atoms with van der Waals surface area (Å²) < 4.78 is 44.8. The number of halogens is 3. The molecule has 0 fully saturated rings. The van der Waals surface area contributed by atoms with Crippen molar-refractivity contribution in [2.75, 3.05) is 13.2 Å².